The van der Waals surface area contributed by atoms with Crippen molar-refractivity contribution in [3.05, 3.63) is 28.2 Å². The molecule has 6 nitrogen and oxygen atoms in total. The van der Waals surface area contributed by atoms with Crippen LogP contribution in [0.5, 0.6) is 0 Å². The zero-order valence-corrected chi connectivity index (χ0v) is 17.9. The Balaban J connectivity index is 1.68. The topological polar surface area (TPSA) is 71.0 Å². The van der Waals surface area contributed by atoms with Gasteiger partial charge in [-0.15, -0.1) is 11.3 Å². The second-order valence-electron chi connectivity index (χ2n) is 7.45. The molecule has 0 aliphatic carbocycles. The molecule has 2 aliphatic heterocycles. The van der Waals surface area contributed by atoms with E-state index in [2.05, 4.69) is 22.1 Å². The molecule has 1 atom stereocenters. The second kappa shape index (κ2) is 9.01. The molecule has 1 aromatic rings. The first-order chi connectivity index (χ1) is 13.4. The summed E-state index contributed by atoms with van der Waals surface area (Å²) in [6.45, 7) is 10.7. The molecule has 0 spiro atoms. The minimum atomic E-state index is -0.375. The number of nitrogens with zero attached hydrogens (tertiary/aromatic N) is 2. The fraction of sp³-hybridized carbons (Fsp3) is 0.571. The van der Waals surface area contributed by atoms with E-state index in [0.29, 0.717) is 11.6 Å². The van der Waals surface area contributed by atoms with E-state index in [4.69, 9.17) is 4.74 Å². The highest BCUT2D eigenvalue weighted by atomic mass is 32.1. The SMILES string of the molecule is CCN(c1scc(C(=O)NCC2C(=O)N=C(C)C=C2C)c1C)C1CCOCC1. The summed E-state index contributed by atoms with van der Waals surface area (Å²) in [5.41, 5.74) is 3.36. The minimum absolute atomic E-state index is 0.130. The third kappa shape index (κ3) is 4.36. The van der Waals surface area contributed by atoms with Crippen molar-refractivity contribution in [2.24, 2.45) is 10.9 Å². The molecule has 152 valence electrons. The predicted octanol–water partition coefficient (Wildman–Crippen LogP) is 3.36. The highest BCUT2D eigenvalue weighted by molar-refractivity contribution is 7.14. The van der Waals surface area contributed by atoms with Crippen LogP contribution in [-0.4, -0.2) is 49.9 Å². The van der Waals surface area contributed by atoms with E-state index < -0.39 is 0 Å². The molecular weight excluding hydrogens is 374 g/mol. The summed E-state index contributed by atoms with van der Waals surface area (Å²) in [5, 5.41) is 6.02. The van der Waals surface area contributed by atoms with Gasteiger partial charge in [0.05, 0.1) is 16.5 Å². The van der Waals surface area contributed by atoms with Crippen molar-refractivity contribution >= 4 is 33.9 Å². The maximum absolute atomic E-state index is 12.8. The molecule has 0 bridgehead atoms. The zero-order chi connectivity index (χ0) is 20.3. The first-order valence-electron chi connectivity index (χ1n) is 9.90. The van der Waals surface area contributed by atoms with Crippen molar-refractivity contribution in [1.29, 1.82) is 0 Å². The maximum atomic E-state index is 12.8. The summed E-state index contributed by atoms with van der Waals surface area (Å²) in [6, 6.07) is 0.459. The number of dihydropyridines is 1. The lowest BCUT2D eigenvalue weighted by Gasteiger charge is -2.34. The number of allylic oxidation sites excluding steroid dienone is 1. The van der Waals surface area contributed by atoms with E-state index in [9.17, 15) is 9.59 Å². The van der Waals surface area contributed by atoms with E-state index >= 15 is 0 Å². The molecule has 1 fully saturated rings. The summed E-state index contributed by atoms with van der Waals surface area (Å²) in [5.74, 6) is -0.687. The van der Waals surface area contributed by atoms with Gasteiger partial charge in [0.2, 0.25) is 0 Å². The fourth-order valence-corrected chi connectivity index (χ4v) is 5.14. The molecule has 0 aromatic carbocycles. The number of hydrogen-bond acceptors (Lipinski definition) is 5. The number of nitrogens with one attached hydrogen (secondary N) is 1. The Labute approximate surface area is 170 Å². The molecule has 1 aromatic heterocycles. The maximum Gasteiger partial charge on any atom is 0.254 e. The van der Waals surface area contributed by atoms with E-state index in [1.807, 2.05) is 32.2 Å². The molecule has 0 saturated carbocycles. The van der Waals surface area contributed by atoms with E-state index in [0.717, 1.165) is 54.4 Å². The Bertz CT molecular complexity index is 806. The van der Waals surface area contributed by atoms with Crippen LogP contribution < -0.4 is 10.2 Å². The standard InChI is InChI=1S/C21H29N3O3S/c1-5-24(16-6-8-27-9-7-16)21-15(4)18(12-28-21)19(25)22-11-17-13(2)10-14(3)23-20(17)26/h10,12,16-17H,5-9,11H2,1-4H3,(H,22,25). The van der Waals surface area contributed by atoms with Crippen LogP contribution in [0.3, 0.4) is 0 Å². The van der Waals surface area contributed by atoms with Crippen LogP contribution >= 0.6 is 11.3 Å². The number of aliphatic imine (C=N–C) groups is 1. The van der Waals surface area contributed by atoms with Crippen LogP contribution in [0.15, 0.2) is 22.0 Å². The molecule has 1 saturated heterocycles. The van der Waals surface area contributed by atoms with Crippen molar-refractivity contribution in [2.45, 2.75) is 46.6 Å². The monoisotopic (exact) mass is 403 g/mol. The first-order valence-corrected chi connectivity index (χ1v) is 10.8. The lowest BCUT2D eigenvalue weighted by atomic mass is 9.95. The highest BCUT2D eigenvalue weighted by Crippen LogP contribution is 2.34. The fourth-order valence-electron chi connectivity index (χ4n) is 3.93. The van der Waals surface area contributed by atoms with Gasteiger partial charge in [-0.05, 0) is 52.2 Å². The highest BCUT2D eigenvalue weighted by Gasteiger charge is 2.27. The Morgan fingerprint density at radius 1 is 1.32 bits per heavy atom. The van der Waals surface area contributed by atoms with Gasteiger partial charge in [-0.1, -0.05) is 5.57 Å². The smallest absolute Gasteiger partial charge is 0.254 e. The molecule has 3 heterocycles. The number of carbonyl (C=O) groups is 2. The molecule has 2 aliphatic rings. The van der Waals surface area contributed by atoms with Gasteiger partial charge in [-0.2, -0.15) is 0 Å². The van der Waals surface area contributed by atoms with Crippen LogP contribution in [0.4, 0.5) is 5.00 Å². The predicted molar refractivity (Wildman–Crippen MR) is 114 cm³/mol. The Morgan fingerprint density at radius 2 is 2.04 bits per heavy atom. The molecule has 28 heavy (non-hydrogen) atoms. The number of thiophene rings is 1. The number of rotatable bonds is 6. The average molecular weight is 404 g/mol. The summed E-state index contributed by atoms with van der Waals surface area (Å²) in [6.07, 6.45) is 3.93. The van der Waals surface area contributed by atoms with Gasteiger partial charge in [0.15, 0.2) is 0 Å². The van der Waals surface area contributed by atoms with Crippen LogP contribution in [0, 0.1) is 12.8 Å². The molecule has 0 radical (unpaired) electrons. The summed E-state index contributed by atoms with van der Waals surface area (Å²) in [4.78, 5) is 31.3. The quantitative estimate of drug-likeness (QED) is 0.791. The van der Waals surface area contributed by atoms with Crippen molar-refractivity contribution in [3.63, 3.8) is 0 Å². The van der Waals surface area contributed by atoms with Gasteiger partial charge in [-0.25, -0.2) is 4.99 Å². The van der Waals surface area contributed by atoms with Gasteiger partial charge in [0.1, 0.15) is 0 Å². The van der Waals surface area contributed by atoms with Crippen molar-refractivity contribution in [3.8, 4) is 0 Å². The number of anilines is 1. The number of ether oxygens (including phenoxy) is 1. The average Bonchev–Trinajstić information content (AvgIpc) is 3.04. The largest absolute Gasteiger partial charge is 0.381 e. The molecule has 3 rings (SSSR count). The number of amides is 2. The Hall–Kier alpha value is -1.99. The van der Waals surface area contributed by atoms with E-state index in [1.54, 1.807) is 11.3 Å². The molecule has 7 heteroatoms. The first kappa shape index (κ1) is 20.7. The van der Waals surface area contributed by atoms with Crippen LogP contribution in [0.1, 0.15) is 49.5 Å². The Kier molecular flexibility index (Phi) is 6.67. The summed E-state index contributed by atoms with van der Waals surface area (Å²) in [7, 11) is 0. The third-order valence-corrected chi connectivity index (χ3v) is 6.65. The van der Waals surface area contributed by atoms with E-state index in [-0.39, 0.29) is 24.3 Å². The van der Waals surface area contributed by atoms with Gasteiger partial charge >= 0.3 is 0 Å². The van der Waals surface area contributed by atoms with Gasteiger partial charge in [0, 0.05) is 43.4 Å². The third-order valence-electron chi connectivity index (χ3n) is 5.53. The molecule has 2 amide bonds. The Morgan fingerprint density at radius 3 is 2.68 bits per heavy atom. The van der Waals surface area contributed by atoms with E-state index in [1.165, 1.54) is 0 Å². The number of hydrogen-bond donors (Lipinski definition) is 1. The lowest BCUT2D eigenvalue weighted by molar-refractivity contribution is -0.120. The van der Waals surface area contributed by atoms with Crippen LogP contribution in [-0.2, 0) is 9.53 Å². The summed E-state index contributed by atoms with van der Waals surface area (Å²) >= 11 is 1.62. The van der Waals surface area contributed by atoms with Crippen LogP contribution in [0.25, 0.3) is 0 Å². The van der Waals surface area contributed by atoms with Crippen molar-refractivity contribution < 1.29 is 14.3 Å². The normalized spacial score (nSPS) is 20.6. The second-order valence-corrected chi connectivity index (χ2v) is 8.31. The molecule has 1 N–H and O–H groups in total. The zero-order valence-electron chi connectivity index (χ0n) is 17.1. The number of carbonyl (C=O) groups excluding carboxylic acids is 2. The summed E-state index contributed by atoms with van der Waals surface area (Å²) < 4.78 is 5.49. The molecule has 1 unspecified atom stereocenters. The van der Waals surface area contributed by atoms with Crippen LogP contribution in [0.2, 0.25) is 0 Å². The van der Waals surface area contributed by atoms with Gasteiger partial charge in [0.25, 0.3) is 11.8 Å². The van der Waals surface area contributed by atoms with Gasteiger partial charge in [-0.3, -0.25) is 9.59 Å². The van der Waals surface area contributed by atoms with Crippen molar-refractivity contribution in [2.75, 3.05) is 31.2 Å². The molecular formula is C21H29N3O3S. The lowest BCUT2D eigenvalue weighted by Crippen LogP contribution is -2.39. The van der Waals surface area contributed by atoms with Gasteiger partial charge < -0.3 is 15.0 Å². The minimum Gasteiger partial charge on any atom is -0.381 e. The van der Waals surface area contributed by atoms with Crippen molar-refractivity contribution in [1.82, 2.24) is 5.32 Å².